The molecule has 1 aromatic carbocycles. The zero-order valence-electron chi connectivity index (χ0n) is 11.3. The summed E-state index contributed by atoms with van der Waals surface area (Å²) in [5.74, 6) is -1.20. The Morgan fingerprint density at radius 3 is 2.57 bits per heavy atom. The summed E-state index contributed by atoms with van der Waals surface area (Å²) in [5, 5.41) is 2.32. The van der Waals surface area contributed by atoms with E-state index in [1.165, 1.54) is 12.1 Å². The number of nitrogens with zero attached hydrogens (tertiary/aromatic N) is 1. The highest BCUT2D eigenvalue weighted by molar-refractivity contribution is 5.76. The molecule has 0 saturated carbocycles. The van der Waals surface area contributed by atoms with Gasteiger partial charge < -0.3 is 10.2 Å². The summed E-state index contributed by atoms with van der Waals surface area (Å²) < 4.78 is 48.9. The molecule has 1 fully saturated rings. The Labute approximate surface area is 119 Å². The van der Waals surface area contributed by atoms with Crippen molar-refractivity contribution in [2.45, 2.75) is 19.0 Å². The largest absolute Gasteiger partial charge is 0.397 e. The van der Waals surface area contributed by atoms with Crippen LogP contribution in [0, 0.1) is 11.7 Å². The molecule has 1 aromatic rings. The molecule has 0 aromatic heterocycles. The van der Waals surface area contributed by atoms with Crippen LogP contribution < -0.4 is 10.2 Å². The van der Waals surface area contributed by atoms with E-state index in [9.17, 15) is 22.4 Å². The number of carbonyl (C=O) groups is 1. The quantitative estimate of drug-likeness (QED) is 0.868. The van der Waals surface area contributed by atoms with Crippen molar-refractivity contribution in [2.24, 2.45) is 5.92 Å². The molecule has 3 nitrogen and oxygen atoms in total. The van der Waals surface area contributed by atoms with Gasteiger partial charge in [0.1, 0.15) is 12.2 Å². The number of amides is 1. The molecule has 0 aliphatic carbocycles. The number of alkyl halides is 3. The van der Waals surface area contributed by atoms with Crippen molar-refractivity contribution in [1.29, 1.82) is 0 Å². The van der Waals surface area contributed by atoms with Crippen molar-refractivity contribution in [2.75, 3.05) is 24.5 Å². The van der Waals surface area contributed by atoms with Crippen molar-refractivity contribution >= 4 is 11.6 Å². The van der Waals surface area contributed by atoms with Crippen molar-refractivity contribution in [3.63, 3.8) is 0 Å². The van der Waals surface area contributed by atoms with Crippen LogP contribution in [0.1, 0.15) is 12.8 Å². The first-order valence-corrected chi connectivity index (χ1v) is 6.67. The Morgan fingerprint density at radius 2 is 1.95 bits per heavy atom. The van der Waals surface area contributed by atoms with Gasteiger partial charge in [-0.3, -0.25) is 4.79 Å². The number of halogens is 4. The highest BCUT2D eigenvalue weighted by Crippen LogP contribution is 2.24. The third-order valence-corrected chi connectivity index (χ3v) is 3.43. The van der Waals surface area contributed by atoms with Crippen LogP contribution in [0.2, 0.25) is 0 Å². The lowest BCUT2D eigenvalue weighted by molar-refractivity contribution is -0.153. The van der Waals surface area contributed by atoms with Gasteiger partial charge in [-0.15, -0.1) is 0 Å². The molecule has 1 aliphatic heterocycles. The molecule has 1 aliphatic rings. The predicted octanol–water partition coefficient (Wildman–Crippen LogP) is 2.72. The summed E-state index contributed by atoms with van der Waals surface area (Å²) in [6, 6.07) is 6.07. The molecule has 21 heavy (non-hydrogen) atoms. The van der Waals surface area contributed by atoms with Gasteiger partial charge in [0.25, 0.3) is 0 Å². The fraction of sp³-hybridized carbons (Fsp3) is 0.500. The summed E-state index contributed by atoms with van der Waals surface area (Å²) >= 11 is 0. The van der Waals surface area contributed by atoms with E-state index in [0.29, 0.717) is 6.54 Å². The van der Waals surface area contributed by atoms with Crippen LogP contribution in [-0.4, -0.2) is 31.7 Å². The Morgan fingerprint density at radius 1 is 1.29 bits per heavy atom. The van der Waals surface area contributed by atoms with Gasteiger partial charge in [0.05, 0.1) is 0 Å². The van der Waals surface area contributed by atoms with Crippen LogP contribution in [0.4, 0.5) is 23.2 Å². The average Bonchev–Trinajstić information content (AvgIpc) is 2.84. The Kier molecular flexibility index (Phi) is 4.69. The summed E-state index contributed by atoms with van der Waals surface area (Å²) in [7, 11) is 0. The van der Waals surface area contributed by atoms with E-state index in [2.05, 4.69) is 5.32 Å². The third-order valence-electron chi connectivity index (χ3n) is 3.43. The molecule has 0 bridgehead atoms. The smallest absolute Gasteiger partial charge is 0.371 e. The third kappa shape index (κ3) is 4.91. The molecule has 116 valence electrons. The fourth-order valence-corrected chi connectivity index (χ4v) is 2.39. The van der Waals surface area contributed by atoms with E-state index in [1.807, 2.05) is 4.90 Å². The predicted molar refractivity (Wildman–Crippen MR) is 70.4 cm³/mol. The summed E-state index contributed by atoms with van der Waals surface area (Å²) in [6.07, 6.45) is -5.13. The molecule has 1 heterocycles. The van der Waals surface area contributed by atoms with E-state index in [0.717, 1.165) is 18.7 Å². The number of nitrogens with one attached hydrogen (secondary N) is 1. The molecule has 1 saturated heterocycles. The molecule has 0 spiro atoms. The lowest BCUT2D eigenvalue weighted by Gasteiger charge is -2.19. The van der Waals surface area contributed by atoms with E-state index < -0.39 is 18.5 Å². The van der Waals surface area contributed by atoms with Crippen LogP contribution in [-0.2, 0) is 4.79 Å². The molecule has 7 heteroatoms. The van der Waals surface area contributed by atoms with Crippen LogP contribution in [0.25, 0.3) is 0 Å². The molecule has 1 atom stereocenters. The Balaban J connectivity index is 1.78. The first-order chi connectivity index (χ1) is 9.83. The molecular formula is C14H16F4N2O. The minimum absolute atomic E-state index is 0.104. The summed E-state index contributed by atoms with van der Waals surface area (Å²) in [5.41, 5.74) is 0.875. The lowest BCUT2D eigenvalue weighted by atomic mass is 10.1. The van der Waals surface area contributed by atoms with Gasteiger partial charge in [0, 0.05) is 25.3 Å². The van der Waals surface area contributed by atoms with E-state index in [1.54, 1.807) is 12.1 Å². The normalized spacial score (nSPS) is 18.9. The maximum absolute atomic E-state index is 12.8. The van der Waals surface area contributed by atoms with E-state index in [4.69, 9.17) is 0 Å². The molecular weight excluding hydrogens is 288 g/mol. The fourth-order valence-electron chi connectivity index (χ4n) is 2.39. The lowest BCUT2D eigenvalue weighted by Crippen LogP contribution is -2.33. The zero-order chi connectivity index (χ0) is 15.5. The molecule has 0 radical (unpaired) electrons. The van der Waals surface area contributed by atoms with Crippen LogP contribution in [0.15, 0.2) is 24.3 Å². The van der Waals surface area contributed by atoms with Gasteiger partial charge in [0.15, 0.2) is 0 Å². The van der Waals surface area contributed by atoms with Gasteiger partial charge >= 0.3 is 6.18 Å². The van der Waals surface area contributed by atoms with Gasteiger partial charge in [-0.2, -0.15) is 13.2 Å². The van der Waals surface area contributed by atoms with Crippen molar-refractivity contribution < 1.29 is 22.4 Å². The van der Waals surface area contributed by atoms with Gasteiger partial charge in [-0.05, 0) is 36.6 Å². The standard InChI is InChI=1S/C14H16F4N2O/c15-11-1-3-12(4-2-11)20-6-5-10(9-20)8-19-13(21)7-14(16,17)18/h1-4,10H,5-9H2,(H,19,21)/t10-/m1/s1. The monoisotopic (exact) mass is 304 g/mol. The number of carbonyl (C=O) groups excluding carboxylic acids is 1. The number of anilines is 1. The van der Waals surface area contributed by atoms with Gasteiger partial charge in [-0.25, -0.2) is 4.39 Å². The first-order valence-electron chi connectivity index (χ1n) is 6.67. The van der Waals surface area contributed by atoms with Crippen molar-refractivity contribution in [3.8, 4) is 0 Å². The zero-order valence-corrected chi connectivity index (χ0v) is 11.3. The number of hydrogen-bond donors (Lipinski definition) is 1. The average molecular weight is 304 g/mol. The van der Waals surface area contributed by atoms with Gasteiger partial charge in [0.2, 0.25) is 5.91 Å². The molecule has 2 rings (SSSR count). The maximum Gasteiger partial charge on any atom is 0.397 e. The SMILES string of the molecule is O=C(CC(F)(F)F)NC[C@H]1CCN(c2ccc(F)cc2)C1. The van der Waals surface area contributed by atoms with Crippen LogP contribution in [0.3, 0.4) is 0 Å². The Hall–Kier alpha value is -1.79. The maximum atomic E-state index is 12.8. The number of hydrogen-bond acceptors (Lipinski definition) is 2. The minimum atomic E-state index is -4.47. The Bertz CT molecular complexity index is 487. The molecule has 1 N–H and O–H groups in total. The number of rotatable bonds is 4. The summed E-state index contributed by atoms with van der Waals surface area (Å²) in [6.45, 7) is 1.61. The second-order valence-corrected chi connectivity index (χ2v) is 5.17. The molecule has 1 amide bonds. The van der Waals surface area contributed by atoms with Gasteiger partial charge in [-0.1, -0.05) is 0 Å². The van der Waals surface area contributed by atoms with Crippen molar-refractivity contribution in [3.05, 3.63) is 30.1 Å². The topological polar surface area (TPSA) is 32.3 Å². The highest BCUT2D eigenvalue weighted by Gasteiger charge is 2.31. The van der Waals surface area contributed by atoms with Crippen LogP contribution >= 0.6 is 0 Å². The van der Waals surface area contributed by atoms with Crippen LogP contribution in [0.5, 0.6) is 0 Å². The second-order valence-electron chi connectivity index (χ2n) is 5.17. The summed E-state index contributed by atoms with van der Waals surface area (Å²) in [4.78, 5) is 13.1. The van der Waals surface area contributed by atoms with E-state index >= 15 is 0 Å². The first kappa shape index (κ1) is 15.6. The van der Waals surface area contributed by atoms with E-state index in [-0.39, 0.29) is 18.3 Å². The number of benzene rings is 1. The highest BCUT2D eigenvalue weighted by atomic mass is 19.4. The molecule has 0 unspecified atom stereocenters. The second kappa shape index (κ2) is 6.32. The van der Waals surface area contributed by atoms with Crippen molar-refractivity contribution in [1.82, 2.24) is 5.32 Å². The minimum Gasteiger partial charge on any atom is -0.371 e.